The van der Waals surface area contributed by atoms with E-state index in [-0.39, 0.29) is 61.4 Å². The van der Waals surface area contributed by atoms with Gasteiger partial charge in [0.2, 0.25) is 21.8 Å². The number of hydrogen-bond donors (Lipinski definition) is 1. The number of carbonyl (C=O) groups is 2. The van der Waals surface area contributed by atoms with Crippen LogP contribution in [0.2, 0.25) is 0 Å². The summed E-state index contributed by atoms with van der Waals surface area (Å²) in [7, 11) is -3.59. The lowest BCUT2D eigenvalue weighted by Crippen LogP contribution is -2.50. The standard InChI is InChI=1S/C24H30N6O5S/c1-3-29-19-10-11-20(26-23(19)30(4-2)24(29)33)25-21(31)12-13-22(32)27-14-16-28(17-15-27)36(34,35)18-8-6-5-7-9-18/h5-11H,3-4,12-17H2,1-2H3,(H,25,26,31). The molecule has 2 aromatic heterocycles. The van der Waals surface area contributed by atoms with Gasteiger partial charge in [-0.3, -0.25) is 18.7 Å². The van der Waals surface area contributed by atoms with E-state index in [1.54, 1.807) is 56.5 Å². The minimum atomic E-state index is -3.59. The number of nitrogens with zero attached hydrogens (tertiary/aromatic N) is 5. The van der Waals surface area contributed by atoms with Gasteiger partial charge in [0.1, 0.15) is 5.82 Å². The van der Waals surface area contributed by atoms with E-state index in [0.717, 1.165) is 0 Å². The second-order valence-corrected chi connectivity index (χ2v) is 10.4. The lowest BCUT2D eigenvalue weighted by Gasteiger charge is -2.34. The second-order valence-electron chi connectivity index (χ2n) is 8.46. The smallest absolute Gasteiger partial charge is 0.330 e. The molecule has 1 fully saturated rings. The van der Waals surface area contributed by atoms with Gasteiger partial charge in [-0.05, 0) is 38.1 Å². The Morgan fingerprint density at radius 1 is 0.917 bits per heavy atom. The van der Waals surface area contributed by atoms with Crippen LogP contribution in [-0.4, -0.2) is 69.7 Å². The molecule has 4 rings (SSSR count). The Kier molecular flexibility index (Phi) is 7.55. The van der Waals surface area contributed by atoms with E-state index in [2.05, 4.69) is 10.3 Å². The largest absolute Gasteiger partial charge is 0.340 e. The van der Waals surface area contributed by atoms with Gasteiger partial charge < -0.3 is 10.2 Å². The molecule has 0 saturated carbocycles. The molecule has 1 aliphatic heterocycles. The number of hydrogen-bond acceptors (Lipinski definition) is 6. The van der Waals surface area contributed by atoms with Gasteiger partial charge in [0.25, 0.3) is 0 Å². The van der Waals surface area contributed by atoms with Crippen LogP contribution in [0.5, 0.6) is 0 Å². The fraction of sp³-hybridized carbons (Fsp3) is 0.417. The Bertz CT molecular complexity index is 1420. The highest BCUT2D eigenvalue weighted by molar-refractivity contribution is 7.89. The molecule has 0 radical (unpaired) electrons. The molecule has 1 N–H and O–H groups in total. The second kappa shape index (κ2) is 10.6. The van der Waals surface area contributed by atoms with Gasteiger partial charge in [-0.2, -0.15) is 4.31 Å². The van der Waals surface area contributed by atoms with Crippen molar-refractivity contribution in [1.29, 1.82) is 0 Å². The molecular formula is C24H30N6O5S. The van der Waals surface area contributed by atoms with Gasteiger partial charge in [-0.1, -0.05) is 18.2 Å². The van der Waals surface area contributed by atoms with Gasteiger partial charge in [-0.25, -0.2) is 18.2 Å². The fourth-order valence-corrected chi connectivity index (χ4v) is 5.80. The van der Waals surface area contributed by atoms with Gasteiger partial charge in [0.05, 0.1) is 10.4 Å². The topological polar surface area (TPSA) is 127 Å². The molecule has 3 aromatic rings. The summed E-state index contributed by atoms with van der Waals surface area (Å²) < 4.78 is 30.1. The van der Waals surface area contributed by atoms with Gasteiger partial charge in [0.15, 0.2) is 5.65 Å². The summed E-state index contributed by atoms with van der Waals surface area (Å²) in [6, 6.07) is 11.6. The van der Waals surface area contributed by atoms with Crippen LogP contribution >= 0.6 is 0 Å². The van der Waals surface area contributed by atoms with Crippen LogP contribution in [0.3, 0.4) is 0 Å². The molecule has 192 valence electrons. The van der Waals surface area contributed by atoms with E-state index in [4.69, 9.17) is 0 Å². The number of aryl methyl sites for hydroxylation is 2. The van der Waals surface area contributed by atoms with Crippen molar-refractivity contribution in [2.24, 2.45) is 0 Å². The van der Waals surface area contributed by atoms with Crippen LogP contribution in [-0.2, 0) is 32.7 Å². The van der Waals surface area contributed by atoms with E-state index in [0.29, 0.717) is 30.1 Å². The van der Waals surface area contributed by atoms with E-state index in [9.17, 15) is 22.8 Å². The number of amides is 2. The number of rotatable bonds is 8. The third kappa shape index (κ3) is 5.05. The summed E-state index contributed by atoms with van der Waals surface area (Å²) in [5.74, 6) is -0.249. The summed E-state index contributed by atoms with van der Waals surface area (Å²) >= 11 is 0. The number of benzene rings is 1. The van der Waals surface area contributed by atoms with Crippen LogP contribution in [0.15, 0.2) is 52.2 Å². The van der Waals surface area contributed by atoms with Crippen LogP contribution < -0.4 is 11.0 Å². The Labute approximate surface area is 209 Å². The van der Waals surface area contributed by atoms with E-state index in [1.165, 1.54) is 4.31 Å². The predicted octanol–water partition coefficient (Wildman–Crippen LogP) is 1.49. The first-order valence-electron chi connectivity index (χ1n) is 12.0. The molecule has 3 heterocycles. The first-order chi connectivity index (χ1) is 17.3. The SMILES string of the molecule is CCn1c(=O)n(CC)c2nc(NC(=O)CCC(=O)N3CCN(S(=O)(=O)c4ccccc4)CC3)ccc21. The summed E-state index contributed by atoms with van der Waals surface area (Å²) in [5, 5.41) is 2.70. The zero-order chi connectivity index (χ0) is 25.9. The summed E-state index contributed by atoms with van der Waals surface area (Å²) in [6.45, 7) is 5.67. The van der Waals surface area contributed by atoms with Crippen LogP contribution in [0.4, 0.5) is 5.82 Å². The molecular weight excluding hydrogens is 484 g/mol. The fourth-order valence-electron chi connectivity index (χ4n) is 4.35. The Morgan fingerprint density at radius 3 is 2.22 bits per heavy atom. The first kappa shape index (κ1) is 25.6. The number of fused-ring (bicyclic) bond motifs is 1. The summed E-state index contributed by atoms with van der Waals surface area (Å²) in [4.78, 5) is 43.8. The molecule has 0 unspecified atom stereocenters. The maximum atomic E-state index is 12.8. The number of nitrogens with one attached hydrogen (secondary N) is 1. The average Bonchev–Trinajstić information content (AvgIpc) is 3.17. The minimum absolute atomic E-state index is 0.00535. The zero-order valence-corrected chi connectivity index (χ0v) is 21.2. The number of carbonyl (C=O) groups excluding carboxylic acids is 2. The van der Waals surface area contributed by atoms with Crippen molar-refractivity contribution in [3.63, 3.8) is 0 Å². The Morgan fingerprint density at radius 2 is 1.58 bits per heavy atom. The van der Waals surface area contributed by atoms with Gasteiger partial charge in [0, 0.05) is 52.1 Å². The highest BCUT2D eigenvalue weighted by Crippen LogP contribution is 2.18. The van der Waals surface area contributed by atoms with Crippen LogP contribution in [0.1, 0.15) is 26.7 Å². The number of aromatic nitrogens is 3. The molecule has 1 aromatic carbocycles. The summed E-state index contributed by atoms with van der Waals surface area (Å²) in [6.07, 6.45) is -0.0248. The summed E-state index contributed by atoms with van der Waals surface area (Å²) in [5.41, 5.74) is 1.06. The molecule has 36 heavy (non-hydrogen) atoms. The van der Waals surface area contributed by atoms with Crippen LogP contribution in [0, 0.1) is 0 Å². The maximum absolute atomic E-state index is 12.8. The van der Waals surface area contributed by atoms with Crippen molar-refractivity contribution in [3.05, 3.63) is 52.9 Å². The van der Waals surface area contributed by atoms with E-state index < -0.39 is 10.0 Å². The van der Waals surface area contributed by atoms with Crippen molar-refractivity contribution in [3.8, 4) is 0 Å². The number of pyridine rings is 1. The monoisotopic (exact) mass is 514 g/mol. The normalized spacial score (nSPS) is 14.8. The van der Waals surface area contributed by atoms with Crippen molar-refractivity contribution >= 4 is 38.8 Å². The Balaban J connectivity index is 1.31. The maximum Gasteiger partial charge on any atom is 0.330 e. The third-order valence-electron chi connectivity index (χ3n) is 6.30. The number of anilines is 1. The Hall–Kier alpha value is -3.51. The first-order valence-corrected chi connectivity index (χ1v) is 13.4. The highest BCUT2D eigenvalue weighted by Gasteiger charge is 2.30. The van der Waals surface area contributed by atoms with Crippen molar-refractivity contribution in [2.45, 2.75) is 44.7 Å². The molecule has 0 bridgehead atoms. The molecule has 0 aliphatic carbocycles. The van der Waals surface area contributed by atoms with Gasteiger partial charge in [-0.15, -0.1) is 0 Å². The molecule has 1 aliphatic rings. The number of sulfonamides is 1. The van der Waals surface area contributed by atoms with E-state index in [1.807, 2.05) is 13.8 Å². The van der Waals surface area contributed by atoms with E-state index >= 15 is 0 Å². The zero-order valence-electron chi connectivity index (χ0n) is 20.4. The third-order valence-corrected chi connectivity index (χ3v) is 8.21. The average molecular weight is 515 g/mol. The lowest BCUT2D eigenvalue weighted by atomic mass is 10.2. The quantitative estimate of drug-likeness (QED) is 0.485. The molecule has 0 spiro atoms. The molecule has 11 nitrogen and oxygen atoms in total. The molecule has 12 heteroatoms. The molecule has 2 amide bonds. The van der Waals surface area contributed by atoms with Crippen molar-refractivity contribution in [2.75, 3.05) is 31.5 Å². The highest BCUT2D eigenvalue weighted by atomic mass is 32.2. The predicted molar refractivity (Wildman–Crippen MR) is 135 cm³/mol. The van der Waals surface area contributed by atoms with Crippen molar-refractivity contribution in [1.82, 2.24) is 23.3 Å². The van der Waals surface area contributed by atoms with Gasteiger partial charge >= 0.3 is 5.69 Å². The lowest BCUT2D eigenvalue weighted by molar-refractivity contribution is -0.133. The van der Waals surface area contributed by atoms with Crippen LogP contribution in [0.25, 0.3) is 11.2 Å². The molecule has 1 saturated heterocycles. The minimum Gasteiger partial charge on any atom is -0.340 e. The van der Waals surface area contributed by atoms with Crippen molar-refractivity contribution < 1.29 is 18.0 Å². The number of imidazole rings is 1. The molecule has 0 atom stereocenters. The number of piperazine rings is 1.